The second kappa shape index (κ2) is 11.1. The quantitative estimate of drug-likeness (QED) is 0.267. The number of halogens is 3. The molecule has 1 heterocycles. The molecule has 4 rings (SSSR count). The van der Waals surface area contributed by atoms with Gasteiger partial charge in [0.15, 0.2) is 11.5 Å². The zero-order valence-corrected chi connectivity index (χ0v) is 21.7. The molecule has 9 nitrogen and oxygen atoms in total. The SMILES string of the molecule is COc1cc(Nc2cncc(-c3ccc(NS(=O)(=O)c4ccc(C(F)(F)F)cc4)cc3)n2)cc(OC)c1OC. The highest BCUT2D eigenvalue weighted by atomic mass is 32.2. The number of hydrogen-bond donors (Lipinski definition) is 2. The smallest absolute Gasteiger partial charge is 0.416 e. The minimum absolute atomic E-state index is 0.221. The van der Waals surface area contributed by atoms with Gasteiger partial charge in [0.05, 0.1) is 49.9 Å². The van der Waals surface area contributed by atoms with Gasteiger partial charge in [0.2, 0.25) is 5.75 Å². The van der Waals surface area contributed by atoms with Gasteiger partial charge in [0.1, 0.15) is 5.82 Å². The first-order valence-corrected chi connectivity index (χ1v) is 12.7. The number of ether oxygens (including phenoxy) is 3. The van der Waals surface area contributed by atoms with Gasteiger partial charge in [-0.3, -0.25) is 9.71 Å². The lowest BCUT2D eigenvalue weighted by Gasteiger charge is -2.15. The lowest BCUT2D eigenvalue weighted by atomic mass is 10.1. The van der Waals surface area contributed by atoms with E-state index in [-0.39, 0.29) is 10.6 Å². The fourth-order valence-electron chi connectivity index (χ4n) is 3.61. The molecule has 0 radical (unpaired) electrons. The fourth-order valence-corrected chi connectivity index (χ4v) is 4.67. The van der Waals surface area contributed by atoms with E-state index in [0.717, 1.165) is 24.3 Å². The Morgan fingerprint density at radius 3 is 1.95 bits per heavy atom. The Balaban J connectivity index is 1.51. The van der Waals surface area contributed by atoms with Crippen molar-refractivity contribution in [1.82, 2.24) is 9.97 Å². The number of nitrogens with zero attached hydrogens (tertiary/aromatic N) is 2. The lowest BCUT2D eigenvalue weighted by Crippen LogP contribution is -2.13. The van der Waals surface area contributed by atoms with Gasteiger partial charge in [-0.15, -0.1) is 0 Å². The molecular formula is C26H23F3N4O5S. The van der Waals surface area contributed by atoms with Crippen molar-refractivity contribution in [2.45, 2.75) is 11.1 Å². The van der Waals surface area contributed by atoms with Crippen molar-refractivity contribution in [2.75, 3.05) is 31.4 Å². The Labute approximate surface area is 222 Å². The Bertz CT molecular complexity index is 1540. The molecule has 0 fully saturated rings. The maximum absolute atomic E-state index is 12.8. The molecule has 0 atom stereocenters. The average molecular weight is 561 g/mol. The Morgan fingerprint density at radius 1 is 0.795 bits per heavy atom. The van der Waals surface area contributed by atoms with Crippen LogP contribution in [0.5, 0.6) is 17.2 Å². The maximum atomic E-state index is 12.8. The highest BCUT2D eigenvalue weighted by molar-refractivity contribution is 7.92. The van der Waals surface area contributed by atoms with Crippen LogP contribution in [0.1, 0.15) is 5.56 Å². The van der Waals surface area contributed by atoms with E-state index in [4.69, 9.17) is 14.2 Å². The summed E-state index contributed by atoms with van der Waals surface area (Å²) in [5, 5.41) is 3.14. The van der Waals surface area contributed by atoms with Crippen LogP contribution in [0.25, 0.3) is 11.3 Å². The predicted molar refractivity (Wildman–Crippen MR) is 139 cm³/mol. The van der Waals surface area contributed by atoms with Crippen LogP contribution in [-0.2, 0) is 16.2 Å². The van der Waals surface area contributed by atoms with E-state index < -0.39 is 21.8 Å². The van der Waals surface area contributed by atoms with Crippen molar-refractivity contribution in [2.24, 2.45) is 0 Å². The highest BCUT2D eigenvalue weighted by Gasteiger charge is 2.30. The summed E-state index contributed by atoms with van der Waals surface area (Å²) in [6, 6.07) is 13.0. The van der Waals surface area contributed by atoms with Gasteiger partial charge in [0, 0.05) is 29.1 Å². The third-order valence-electron chi connectivity index (χ3n) is 5.50. The number of aromatic nitrogens is 2. The molecule has 39 heavy (non-hydrogen) atoms. The predicted octanol–water partition coefficient (Wildman–Crippen LogP) is 5.73. The fraction of sp³-hybridized carbons (Fsp3) is 0.154. The summed E-state index contributed by atoms with van der Waals surface area (Å²) in [5.74, 6) is 1.78. The van der Waals surface area contributed by atoms with E-state index >= 15 is 0 Å². The molecule has 0 aliphatic carbocycles. The van der Waals surface area contributed by atoms with E-state index in [1.165, 1.54) is 39.7 Å². The highest BCUT2D eigenvalue weighted by Crippen LogP contribution is 2.40. The molecule has 0 spiro atoms. The van der Waals surface area contributed by atoms with Gasteiger partial charge in [-0.1, -0.05) is 12.1 Å². The normalized spacial score (nSPS) is 11.5. The molecule has 204 valence electrons. The topological polar surface area (TPSA) is 112 Å². The summed E-state index contributed by atoms with van der Waals surface area (Å²) in [5.41, 5.74) is 1.05. The largest absolute Gasteiger partial charge is 0.493 e. The summed E-state index contributed by atoms with van der Waals surface area (Å²) in [6.45, 7) is 0. The Hall–Kier alpha value is -4.52. The molecule has 0 aliphatic rings. The number of anilines is 3. The molecule has 4 aromatic rings. The van der Waals surface area contributed by atoms with E-state index in [2.05, 4.69) is 20.0 Å². The molecule has 13 heteroatoms. The Morgan fingerprint density at radius 2 is 1.41 bits per heavy atom. The molecule has 0 aliphatic heterocycles. The van der Waals surface area contributed by atoms with Crippen LogP contribution in [0, 0.1) is 0 Å². The molecule has 0 amide bonds. The van der Waals surface area contributed by atoms with Gasteiger partial charge in [-0.05, 0) is 36.4 Å². The van der Waals surface area contributed by atoms with Crippen molar-refractivity contribution >= 4 is 27.2 Å². The van der Waals surface area contributed by atoms with Gasteiger partial charge in [-0.2, -0.15) is 13.2 Å². The number of nitrogens with one attached hydrogen (secondary N) is 2. The van der Waals surface area contributed by atoms with Crippen LogP contribution in [0.3, 0.4) is 0 Å². The number of benzene rings is 3. The summed E-state index contributed by atoms with van der Waals surface area (Å²) in [6.07, 6.45) is -1.49. The summed E-state index contributed by atoms with van der Waals surface area (Å²) < 4.78 is 82.0. The summed E-state index contributed by atoms with van der Waals surface area (Å²) >= 11 is 0. The second-order valence-electron chi connectivity index (χ2n) is 8.03. The molecule has 1 aromatic heterocycles. The van der Waals surface area contributed by atoms with Crippen LogP contribution in [0.4, 0.5) is 30.4 Å². The van der Waals surface area contributed by atoms with Crippen molar-refractivity contribution in [3.05, 3.63) is 78.6 Å². The summed E-state index contributed by atoms with van der Waals surface area (Å²) in [4.78, 5) is 8.48. The third kappa shape index (κ3) is 6.32. The average Bonchev–Trinajstić information content (AvgIpc) is 2.92. The van der Waals surface area contributed by atoms with Crippen LogP contribution >= 0.6 is 0 Å². The molecule has 0 saturated carbocycles. The van der Waals surface area contributed by atoms with E-state index in [1.54, 1.807) is 30.5 Å². The molecule has 0 unspecified atom stereocenters. The maximum Gasteiger partial charge on any atom is 0.416 e. The van der Waals surface area contributed by atoms with Crippen LogP contribution in [-0.4, -0.2) is 39.7 Å². The zero-order valence-electron chi connectivity index (χ0n) is 20.9. The minimum Gasteiger partial charge on any atom is -0.493 e. The van der Waals surface area contributed by atoms with Crippen LogP contribution < -0.4 is 24.2 Å². The van der Waals surface area contributed by atoms with Crippen LogP contribution in [0.15, 0.2) is 78.0 Å². The first-order chi connectivity index (χ1) is 18.5. The van der Waals surface area contributed by atoms with Gasteiger partial charge < -0.3 is 19.5 Å². The summed E-state index contributed by atoms with van der Waals surface area (Å²) in [7, 11) is 0.429. The monoisotopic (exact) mass is 560 g/mol. The molecule has 0 saturated heterocycles. The van der Waals surface area contributed by atoms with Crippen molar-refractivity contribution in [3.63, 3.8) is 0 Å². The minimum atomic E-state index is -4.56. The number of methoxy groups -OCH3 is 3. The lowest BCUT2D eigenvalue weighted by molar-refractivity contribution is -0.137. The molecular weight excluding hydrogens is 537 g/mol. The Kier molecular flexibility index (Phi) is 7.81. The number of rotatable bonds is 9. The number of hydrogen-bond acceptors (Lipinski definition) is 8. The first kappa shape index (κ1) is 27.5. The van der Waals surface area contributed by atoms with E-state index in [0.29, 0.717) is 40.0 Å². The standard InChI is InChI=1S/C26H23F3N4O5S/c1-36-22-12-19(13-23(37-2)25(22)38-3)31-24-15-30-14-21(32-24)16-4-8-18(9-5-16)33-39(34,35)20-10-6-17(7-11-20)26(27,28)29/h4-15,33H,1-3H3,(H,31,32). The molecule has 0 bridgehead atoms. The van der Waals surface area contributed by atoms with Gasteiger partial charge in [-0.25, -0.2) is 13.4 Å². The molecule has 3 aromatic carbocycles. The van der Waals surface area contributed by atoms with Crippen molar-refractivity contribution in [1.29, 1.82) is 0 Å². The first-order valence-electron chi connectivity index (χ1n) is 11.2. The van der Waals surface area contributed by atoms with Gasteiger partial charge >= 0.3 is 6.18 Å². The van der Waals surface area contributed by atoms with Gasteiger partial charge in [0.25, 0.3) is 10.0 Å². The van der Waals surface area contributed by atoms with E-state index in [9.17, 15) is 21.6 Å². The third-order valence-corrected chi connectivity index (χ3v) is 6.89. The zero-order chi connectivity index (χ0) is 28.2. The van der Waals surface area contributed by atoms with Crippen LogP contribution in [0.2, 0.25) is 0 Å². The van der Waals surface area contributed by atoms with Crippen molar-refractivity contribution < 1.29 is 35.8 Å². The number of alkyl halides is 3. The van der Waals surface area contributed by atoms with Crippen molar-refractivity contribution in [3.8, 4) is 28.5 Å². The van der Waals surface area contributed by atoms with E-state index in [1.807, 2.05) is 0 Å². The second-order valence-corrected chi connectivity index (χ2v) is 9.72. The number of sulfonamides is 1. The molecule has 2 N–H and O–H groups in total.